The van der Waals surface area contributed by atoms with E-state index in [-0.39, 0.29) is 24.4 Å². The highest BCUT2D eigenvalue weighted by molar-refractivity contribution is 5.87. The molecule has 2 aromatic rings. The van der Waals surface area contributed by atoms with E-state index in [4.69, 9.17) is 4.74 Å². The zero-order valence-corrected chi connectivity index (χ0v) is 17.7. The molecule has 1 unspecified atom stereocenters. The van der Waals surface area contributed by atoms with Crippen LogP contribution in [-0.4, -0.2) is 52.5 Å². The Kier molecular flexibility index (Phi) is 5.41. The summed E-state index contributed by atoms with van der Waals surface area (Å²) in [5, 5.41) is 1.24. The van der Waals surface area contributed by atoms with Gasteiger partial charge < -0.3 is 19.5 Å². The molecular formula is C22H31N3O3. The molecule has 1 aromatic carbocycles. The van der Waals surface area contributed by atoms with E-state index in [1.165, 1.54) is 15.8 Å². The fourth-order valence-corrected chi connectivity index (χ4v) is 3.94. The Morgan fingerprint density at radius 2 is 1.96 bits per heavy atom. The molecule has 1 aliphatic rings. The van der Waals surface area contributed by atoms with E-state index in [9.17, 15) is 9.59 Å². The minimum Gasteiger partial charge on any atom is -0.444 e. The lowest BCUT2D eigenvalue weighted by Gasteiger charge is -2.39. The Morgan fingerprint density at radius 1 is 1.29 bits per heavy atom. The quantitative estimate of drug-likeness (QED) is 0.864. The number of amides is 2. The fourth-order valence-electron chi connectivity index (χ4n) is 3.94. The van der Waals surface area contributed by atoms with E-state index in [0.717, 1.165) is 17.6 Å². The second-order valence-corrected chi connectivity index (χ2v) is 8.93. The summed E-state index contributed by atoms with van der Waals surface area (Å²) in [5.74, 6) is 0.194. The topological polar surface area (TPSA) is 65.6 Å². The molecule has 0 bridgehead atoms. The summed E-state index contributed by atoms with van der Waals surface area (Å²) in [6.45, 7) is 10.4. The van der Waals surface area contributed by atoms with E-state index in [1.807, 2.05) is 37.8 Å². The van der Waals surface area contributed by atoms with E-state index < -0.39 is 11.7 Å². The van der Waals surface area contributed by atoms with E-state index in [1.54, 1.807) is 7.05 Å². The van der Waals surface area contributed by atoms with Gasteiger partial charge in [-0.3, -0.25) is 4.79 Å². The maximum atomic E-state index is 13.1. The lowest BCUT2D eigenvalue weighted by Crippen LogP contribution is -2.47. The van der Waals surface area contributed by atoms with Crippen LogP contribution < -0.4 is 0 Å². The Morgan fingerprint density at radius 3 is 2.61 bits per heavy atom. The van der Waals surface area contributed by atoms with Gasteiger partial charge >= 0.3 is 6.09 Å². The number of H-pyrrole nitrogens is 1. The molecule has 0 radical (unpaired) electrons. The summed E-state index contributed by atoms with van der Waals surface area (Å²) in [7, 11) is 1.61. The molecular weight excluding hydrogens is 354 g/mol. The largest absolute Gasteiger partial charge is 0.444 e. The first-order valence-corrected chi connectivity index (χ1v) is 9.91. The van der Waals surface area contributed by atoms with Crippen molar-refractivity contribution in [2.75, 3.05) is 20.1 Å². The number of rotatable bonds is 3. The zero-order chi connectivity index (χ0) is 20.6. The number of carbonyl (C=O) groups excluding carboxylic acids is 2. The van der Waals surface area contributed by atoms with Crippen molar-refractivity contribution in [1.82, 2.24) is 14.8 Å². The maximum absolute atomic E-state index is 13.1. The first kappa shape index (κ1) is 20.2. The predicted molar refractivity (Wildman–Crippen MR) is 110 cm³/mol. The zero-order valence-electron chi connectivity index (χ0n) is 17.7. The molecule has 6 heteroatoms. The Labute approximate surface area is 166 Å². The van der Waals surface area contributed by atoms with Crippen molar-refractivity contribution < 1.29 is 14.3 Å². The molecule has 3 rings (SSSR count). The smallest absolute Gasteiger partial charge is 0.410 e. The summed E-state index contributed by atoms with van der Waals surface area (Å²) in [6, 6.07) is 8.25. The average Bonchev–Trinajstić information content (AvgIpc) is 2.97. The van der Waals surface area contributed by atoms with Crippen LogP contribution in [0.25, 0.3) is 10.9 Å². The standard InChI is InChI=1S/C22H31N3O3/c1-14(2)20-19-16(15-9-7-8-10-17(15)23-19)11-12-25(20)18(26)13-24(6)21(27)28-22(3,4)5/h7-10,14,20,23H,11-13H2,1-6H3. The van der Waals surface area contributed by atoms with E-state index in [0.29, 0.717) is 6.54 Å². The number of aromatic amines is 1. The van der Waals surface area contributed by atoms with Crippen molar-refractivity contribution in [3.8, 4) is 0 Å². The highest BCUT2D eigenvalue weighted by Gasteiger charge is 2.36. The molecule has 1 atom stereocenters. The Hall–Kier alpha value is -2.50. The third-order valence-electron chi connectivity index (χ3n) is 5.11. The molecule has 1 aromatic heterocycles. The Bertz CT molecular complexity index is 879. The van der Waals surface area contributed by atoms with Gasteiger partial charge in [0.05, 0.1) is 6.04 Å². The summed E-state index contributed by atoms with van der Waals surface area (Å²) < 4.78 is 5.37. The Balaban J connectivity index is 1.82. The van der Waals surface area contributed by atoms with Crippen molar-refractivity contribution in [2.45, 2.75) is 52.7 Å². The number of para-hydroxylation sites is 1. The van der Waals surface area contributed by atoms with E-state index in [2.05, 4.69) is 31.0 Å². The molecule has 152 valence electrons. The van der Waals surface area contributed by atoms with Crippen LogP contribution in [0, 0.1) is 5.92 Å². The van der Waals surface area contributed by atoms with Crippen LogP contribution >= 0.6 is 0 Å². The van der Waals surface area contributed by atoms with Gasteiger partial charge in [0.25, 0.3) is 0 Å². The predicted octanol–water partition coefficient (Wildman–Crippen LogP) is 4.12. The number of nitrogens with zero attached hydrogens (tertiary/aromatic N) is 2. The number of ether oxygens (including phenoxy) is 1. The minimum atomic E-state index is -0.584. The first-order valence-electron chi connectivity index (χ1n) is 9.91. The third-order valence-corrected chi connectivity index (χ3v) is 5.11. The van der Waals surface area contributed by atoms with Gasteiger partial charge in [0.2, 0.25) is 5.91 Å². The van der Waals surface area contributed by atoms with Crippen LogP contribution in [0.5, 0.6) is 0 Å². The van der Waals surface area contributed by atoms with Crippen molar-refractivity contribution >= 4 is 22.9 Å². The van der Waals surface area contributed by atoms with Gasteiger partial charge in [-0.15, -0.1) is 0 Å². The lowest BCUT2D eigenvalue weighted by molar-refractivity contribution is -0.136. The van der Waals surface area contributed by atoms with Gasteiger partial charge in [-0.25, -0.2) is 4.79 Å². The number of hydrogen-bond donors (Lipinski definition) is 1. The molecule has 0 fully saturated rings. The molecule has 28 heavy (non-hydrogen) atoms. The van der Waals surface area contributed by atoms with Crippen molar-refractivity contribution in [3.05, 3.63) is 35.5 Å². The number of aromatic nitrogens is 1. The molecule has 1 aliphatic heterocycles. The second-order valence-electron chi connectivity index (χ2n) is 8.93. The number of carbonyl (C=O) groups is 2. The molecule has 0 spiro atoms. The second kappa shape index (κ2) is 7.49. The molecule has 2 heterocycles. The van der Waals surface area contributed by atoms with Crippen LogP contribution in [0.4, 0.5) is 4.79 Å². The van der Waals surface area contributed by atoms with Crippen LogP contribution in [0.2, 0.25) is 0 Å². The third kappa shape index (κ3) is 4.01. The summed E-state index contributed by atoms with van der Waals surface area (Å²) in [4.78, 5) is 32.1. The van der Waals surface area contributed by atoms with E-state index >= 15 is 0 Å². The monoisotopic (exact) mass is 385 g/mol. The van der Waals surface area contributed by atoms with Crippen LogP contribution in [-0.2, 0) is 16.0 Å². The normalized spacial score (nSPS) is 17.0. The lowest BCUT2D eigenvalue weighted by atomic mass is 9.90. The number of benzene rings is 1. The number of fused-ring (bicyclic) bond motifs is 3. The summed E-state index contributed by atoms with van der Waals surface area (Å²) in [5.41, 5.74) is 2.95. The molecule has 0 aliphatic carbocycles. The number of likely N-dealkylation sites (N-methyl/N-ethyl adjacent to an activating group) is 1. The molecule has 2 amide bonds. The molecule has 0 saturated heterocycles. The summed E-state index contributed by atoms with van der Waals surface area (Å²) >= 11 is 0. The highest BCUT2D eigenvalue weighted by atomic mass is 16.6. The molecule has 1 N–H and O–H groups in total. The number of nitrogens with one attached hydrogen (secondary N) is 1. The van der Waals surface area contributed by atoms with Gasteiger partial charge in [-0.2, -0.15) is 0 Å². The fraction of sp³-hybridized carbons (Fsp3) is 0.545. The van der Waals surface area contributed by atoms with Gasteiger partial charge in [-0.1, -0.05) is 32.0 Å². The van der Waals surface area contributed by atoms with Crippen molar-refractivity contribution in [1.29, 1.82) is 0 Å². The van der Waals surface area contributed by atoms with Gasteiger partial charge in [0.1, 0.15) is 12.1 Å². The highest BCUT2D eigenvalue weighted by Crippen LogP contribution is 2.38. The molecule has 6 nitrogen and oxygen atoms in total. The van der Waals surface area contributed by atoms with Crippen molar-refractivity contribution in [2.24, 2.45) is 5.92 Å². The minimum absolute atomic E-state index is 0.00763. The van der Waals surface area contributed by atoms with Crippen molar-refractivity contribution in [3.63, 3.8) is 0 Å². The SMILES string of the molecule is CC(C)C1c2[nH]c3ccccc3c2CCN1C(=O)CN(C)C(=O)OC(C)(C)C. The van der Waals surface area contributed by atoms with Gasteiger partial charge in [0, 0.05) is 30.2 Å². The van der Waals surface area contributed by atoms with Gasteiger partial charge in [0.15, 0.2) is 0 Å². The average molecular weight is 386 g/mol. The number of hydrogen-bond acceptors (Lipinski definition) is 3. The van der Waals surface area contributed by atoms with Gasteiger partial charge in [-0.05, 0) is 44.7 Å². The van der Waals surface area contributed by atoms with Crippen LogP contribution in [0.15, 0.2) is 24.3 Å². The summed E-state index contributed by atoms with van der Waals surface area (Å²) in [6.07, 6.45) is 0.329. The van der Waals surface area contributed by atoms with Crippen LogP contribution in [0.1, 0.15) is 51.9 Å². The maximum Gasteiger partial charge on any atom is 0.410 e. The molecule has 0 saturated carbocycles. The van der Waals surface area contributed by atoms with Crippen LogP contribution in [0.3, 0.4) is 0 Å². The first-order chi connectivity index (χ1) is 13.1.